The molecule has 1 unspecified atom stereocenters. The van der Waals surface area contributed by atoms with Crippen molar-refractivity contribution in [1.82, 2.24) is 0 Å². The van der Waals surface area contributed by atoms with Crippen LogP contribution in [0.4, 0.5) is 0 Å². The second-order valence-corrected chi connectivity index (χ2v) is 6.25. The fraction of sp³-hybridized carbons (Fsp3) is 0.174. The van der Waals surface area contributed by atoms with Crippen molar-refractivity contribution in [2.45, 2.75) is 25.9 Å². The summed E-state index contributed by atoms with van der Waals surface area (Å²) in [6, 6.07) is 25.8. The number of aryl methyl sites for hydroxylation is 1. The van der Waals surface area contributed by atoms with Gasteiger partial charge >= 0.3 is 0 Å². The second kappa shape index (κ2) is 8.45. The molecule has 0 amide bonds. The Labute approximate surface area is 153 Å². The summed E-state index contributed by atoms with van der Waals surface area (Å²) in [5.41, 5.74) is 3.15. The molecule has 26 heavy (non-hydrogen) atoms. The van der Waals surface area contributed by atoms with Gasteiger partial charge in [-0.25, -0.2) is 0 Å². The molecule has 0 bridgehead atoms. The quantitative estimate of drug-likeness (QED) is 0.653. The molecule has 3 aromatic carbocycles. The molecule has 3 heteroatoms. The minimum atomic E-state index is -0.892. The molecule has 0 aliphatic heterocycles. The molecule has 0 saturated carbocycles. The predicted molar refractivity (Wildman–Crippen MR) is 103 cm³/mol. The maximum absolute atomic E-state index is 11.6. The standard InChI is InChI=1S/C23H22O3/c1-17(24)22(25)16-13-18-11-14-19(15-12-18)21-9-5-6-10-23(21)26-20-7-3-2-4-8-20/h2-12,14-15,17,24H,13,16H2,1H3. The minimum Gasteiger partial charge on any atom is -0.457 e. The van der Waals surface area contributed by atoms with Crippen molar-refractivity contribution in [2.75, 3.05) is 0 Å². The molecule has 0 aliphatic carbocycles. The summed E-state index contributed by atoms with van der Waals surface area (Å²) in [5, 5.41) is 9.28. The van der Waals surface area contributed by atoms with Crippen LogP contribution >= 0.6 is 0 Å². The number of hydrogen-bond acceptors (Lipinski definition) is 3. The third-order valence-corrected chi connectivity index (χ3v) is 4.25. The third-order valence-electron chi connectivity index (χ3n) is 4.25. The highest BCUT2D eigenvalue weighted by Crippen LogP contribution is 2.33. The number of benzene rings is 3. The Morgan fingerprint density at radius 1 is 0.923 bits per heavy atom. The lowest BCUT2D eigenvalue weighted by molar-refractivity contribution is -0.126. The van der Waals surface area contributed by atoms with Crippen LogP contribution in [0.1, 0.15) is 18.9 Å². The molecule has 3 nitrogen and oxygen atoms in total. The maximum atomic E-state index is 11.6. The van der Waals surface area contributed by atoms with Gasteiger partial charge in [-0.1, -0.05) is 60.7 Å². The van der Waals surface area contributed by atoms with E-state index >= 15 is 0 Å². The van der Waals surface area contributed by atoms with Crippen molar-refractivity contribution in [3.05, 3.63) is 84.4 Å². The fourth-order valence-corrected chi connectivity index (χ4v) is 2.74. The van der Waals surface area contributed by atoms with E-state index in [0.29, 0.717) is 12.8 Å². The summed E-state index contributed by atoms with van der Waals surface area (Å²) in [6.45, 7) is 1.51. The highest BCUT2D eigenvalue weighted by Gasteiger charge is 2.10. The van der Waals surface area contributed by atoms with Gasteiger partial charge in [0.15, 0.2) is 5.78 Å². The number of carbonyl (C=O) groups is 1. The van der Waals surface area contributed by atoms with Crippen molar-refractivity contribution in [2.24, 2.45) is 0 Å². The minimum absolute atomic E-state index is 0.129. The van der Waals surface area contributed by atoms with Gasteiger partial charge in [-0.3, -0.25) is 4.79 Å². The Bertz CT molecular complexity index is 852. The number of hydrogen-bond donors (Lipinski definition) is 1. The van der Waals surface area contributed by atoms with Crippen molar-refractivity contribution >= 4 is 5.78 Å². The molecule has 0 aromatic heterocycles. The van der Waals surface area contributed by atoms with E-state index < -0.39 is 6.10 Å². The fourth-order valence-electron chi connectivity index (χ4n) is 2.74. The molecule has 0 fully saturated rings. The Morgan fingerprint density at radius 3 is 2.27 bits per heavy atom. The van der Waals surface area contributed by atoms with Gasteiger partial charge in [0.1, 0.15) is 17.6 Å². The number of aliphatic hydroxyl groups excluding tert-OH is 1. The van der Waals surface area contributed by atoms with Gasteiger partial charge in [-0.05, 0) is 42.7 Å². The zero-order valence-corrected chi connectivity index (χ0v) is 14.8. The van der Waals surface area contributed by atoms with E-state index in [1.54, 1.807) is 0 Å². The maximum Gasteiger partial charge on any atom is 0.161 e. The Morgan fingerprint density at radius 2 is 1.58 bits per heavy atom. The van der Waals surface area contributed by atoms with E-state index in [1.165, 1.54) is 6.92 Å². The van der Waals surface area contributed by atoms with E-state index in [1.807, 2.05) is 78.9 Å². The van der Waals surface area contributed by atoms with Crippen LogP contribution < -0.4 is 4.74 Å². The number of rotatable bonds is 7. The van der Waals surface area contributed by atoms with Gasteiger partial charge in [0.25, 0.3) is 0 Å². The van der Waals surface area contributed by atoms with Gasteiger partial charge in [0.05, 0.1) is 0 Å². The Kier molecular flexibility index (Phi) is 5.82. The van der Waals surface area contributed by atoms with Gasteiger partial charge in [0.2, 0.25) is 0 Å². The first-order valence-corrected chi connectivity index (χ1v) is 8.75. The van der Waals surface area contributed by atoms with Crippen LogP contribution in [0.3, 0.4) is 0 Å². The molecular weight excluding hydrogens is 324 g/mol. The average molecular weight is 346 g/mol. The van der Waals surface area contributed by atoms with Crippen LogP contribution in [0.2, 0.25) is 0 Å². The average Bonchev–Trinajstić information content (AvgIpc) is 2.68. The SMILES string of the molecule is CC(O)C(=O)CCc1ccc(-c2ccccc2Oc2ccccc2)cc1. The lowest BCUT2D eigenvalue weighted by Gasteiger charge is -2.12. The molecule has 0 radical (unpaired) electrons. The summed E-state index contributed by atoms with van der Waals surface area (Å²) in [4.78, 5) is 11.6. The summed E-state index contributed by atoms with van der Waals surface area (Å²) >= 11 is 0. The van der Waals surface area contributed by atoms with Crippen LogP contribution in [-0.2, 0) is 11.2 Å². The van der Waals surface area contributed by atoms with E-state index in [9.17, 15) is 9.90 Å². The topological polar surface area (TPSA) is 46.5 Å². The van der Waals surface area contributed by atoms with E-state index in [-0.39, 0.29) is 5.78 Å². The normalized spacial score (nSPS) is 11.8. The monoisotopic (exact) mass is 346 g/mol. The van der Waals surface area contributed by atoms with Crippen molar-refractivity contribution in [1.29, 1.82) is 0 Å². The van der Waals surface area contributed by atoms with Gasteiger partial charge < -0.3 is 9.84 Å². The van der Waals surface area contributed by atoms with Crippen LogP contribution in [0.15, 0.2) is 78.9 Å². The van der Waals surface area contributed by atoms with E-state index in [0.717, 1.165) is 28.2 Å². The number of para-hydroxylation sites is 2. The van der Waals surface area contributed by atoms with Crippen molar-refractivity contribution in [3.8, 4) is 22.6 Å². The Hall–Kier alpha value is -2.91. The zero-order chi connectivity index (χ0) is 18.4. The molecule has 1 atom stereocenters. The van der Waals surface area contributed by atoms with E-state index in [4.69, 9.17) is 4.74 Å². The van der Waals surface area contributed by atoms with Crippen LogP contribution in [-0.4, -0.2) is 17.0 Å². The first-order valence-electron chi connectivity index (χ1n) is 8.75. The van der Waals surface area contributed by atoms with Crippen molar-refractivity contribution in [3.63, 3.8) is 0 Å². The predicted octanol–water partition coefficient (Wildman–Crippen LogP) is 5.03. The summed E-state index contributed by atoms with van der Waals surface area (Å²) in [7, 11) is 0. The smallest absolute Gasteiger partial charge is 0.161 e. The lowest BCUT2D eigenvalue weighted by atomic mass is 10.00. The van der Waals surface area contributed by atoms with Crippen LogP contribution in [0, 0.1) is 0 Å². The first kappa shape index (κ1) is 17.9. The molecular formula is C23H22O3. The lowest BCUT2D eigenvalue weighted by Crippen LogP contribution is -2.16. The van der Waals surface area contributed by atoms with Gasteiger partial charge in [0, 0.05) is 12.0 Å². The molecule has 0 heterocycles. The summed E-state index contributed by atoms with van der Waals surface area (Å²) in [5.74, 6) is 1.47. The second-order valence-electron chi connectivity index (χ2n) is 6.25. The zero-order valence-electron chi connectivity index (χ0n) is 14.8. The molecule has 0 saturated heterocycles. The van der Waals surface area contributed by atoms with Crippen LogP contribution in [0.5, 0.6) is 11.5 Å². The number of ketones is 1. The highest BCUT2D eigenvalue weighted by atomic mass is 16.5. The number of Topliss-reactive ketones (excluding diaryl/α,β-unsaturated/α-hetero) is 1. The van der Waals surface area contributed by atoms with E-state index in [2.05, 4.69) is 0 Å². The Balaban J connectivity index is 1.76. The molecule has 3 aromatic rings. The molecule has 3 rings (SSSR count). The summed E-state index contributed by atoms with van der Waals surface area (Å²) in [6.07, 6.45) is 0.0907. The third kappa shape index (κ3) is 4.58. The van der Waals surface area contributed by atoms with Gasteiger partial charge in [-0.15, -0.1) is 0 Å². The molecule has 0 aliphatic rings. The van der Waals surface area contributed by atoms with Crippen molar-refractivity contribution < 1.29 is 14.6 Å². The molecule has 132 valence electrons. The number of carbonyl (C=O) groups excluding carboxylic acids is 1. The summed E-state index contributed by atoms with van der Waals surface area (Å²) < 4.78 is 6.03. The van der Waals surface area contributed by atoms with Crippen LogP contribution in [0.25, 0.3) is 11.1 Å². The molecule has 1 N–H and O–H groups in total. The van der Waals surface area contributed by atoms with Gasteiger partial charge in [-0.2, -0.15) is 0 Å². The number of ether oxygens (including phenoxy) is 1. The number of aliphatic hydroxyl groups is 1. The first-order chi connectivity index (χ1) is 12.6. The highest BCUT2D eigenvalue weighted by molar-refractivity contribution is 5.82. The molecule has 0 spiro atoms. The largest absolute Gasteiger partial charge is 0.457 e.